The minimum Gasteiger partial charge on any atom is -0.309 e. The van der Waals surface area contributed by atoms with Gasteiger partial charge in [-0.25, -0.2) is 4.98 Å². The Balaban J connectivity index is 1.54. The topological polar surface area (TPSA) is 57.8 Å². The first-order valence-electron chi connectivity index (χ1n) is 9.06. The Morgan fingerprint density at radius 2 is 1.78 bits per heavy atom. The Kier molecular flexibility index (Phi) is 5.14. The highest BCUT2D eigenvalue weighted by molar-refractivity contribution is 7.17. The zero-order valence-electron chi connectivity index (χ0n) is 15.1. The van der Waals surface area contributed by atoms with Gasteiger partial charge in [0.1, 0.15) is 10.7 Å². The van der Waals surface area contributed by atoms with Gasteiger partial charge in [0.2, 0.25) is 0 Å². The second kappa shape index (κ2) is 7.86. The summed E-state index contributed by atoms with van der Waals surface area (Å²) < 4.78 is 0. The van der Waals surface area contributed by atoms with E-state index < -0.39 is 0 Å². The Bertz CT molecular complexity index is 1090. The predicted octanol–water partition coefficient (Wildman–Crippen LogP) is 4.54. The van der Waals surface area contributed by atoms with Crippen molar-refractivity contribution in [3.63, 3.8) is 0 Å². The van der Waals surface area contributed by atoms with Crippen molar-refractivity contribution < 1.29 is 0 Å². The van der Waals surface area contributed by atoms with Gasteiger partial charge in [-0.1, -0.05) is 60.7 Å². The van der Waals surface area contributed by atoms with E-state index in [4.69, 9.17) is 4.98 Å². The number of benzene rings is 2. The Labute approximate surface area is 161 Å². The molecule has 2 N–H and O–H groups in total. The Morgan fingerprint density at radius 3 is 2.52 bits per heavy atom. The maximum Gasteiger partial charge on any atom is 0.260 e. The SMILES string of the molecule is C[C@@H](NCCc1ccccc1)c1nc2scc(-c3ccccc3)c2c(=O)[nH]1. The van der Waals surface area contributed by atoms with Crippen LogP contribution in [0.25, 0.3) is 21.3 Å². The van der Waals surface area contributed by atoms with Crippen molar-refractivity contribution in [3.05, 3.63) is 87.8 Å². The highest BCUT2D eigenvalue weighted by Gasteiger charge is 2.15. The molecule has 0 aliphatic heterocycles. The maximum absolute atomic E-state index is 12.7. The fourth-order valence-corrected chi connectivity index (χ4v) is 4.13. The van der Waals surface area contributed by atoms with Crippen LogP contribution in [0.1, 0.15) is 24.4 Å². The van der Waals surface area contributed by atoms with Gasteiger partial charge < -0.3 is 10.3 Å². The minimum absolute atomic E-state index is 0.0203. The van der Waals surface area contributed by atoms with E-state index in [2.05, 4.69) is 22.4 Å². The zero-order valence-corrected chi connectivity index (χ0v) is 15.9. The van der Waals surface area contributed by atoms with E-state index in [1.807, 2.05) is 60.8 Å². The van der Waals surface area contributed by atoms with E-state index in [-0.39, 0.29) is 11.6 Å². The van der Waals surface area contributed by atoms with E-state index in [0.717, 1.165) is 28.9 Å². The molecule has 1 atom stereocenters. The van der Waals surface area contributed by atoms with Gasteiger partial charge in [0, 0.05) is 10.9 Å². The van der Waals surface area contributed by atoms with E-state index in [0.29, 0.717) is 11.2 Å². The standard InChI is InChI=1S/C22H21N3OS/c1-15(23-13-12-16-8-4-2-5-9-16)20-24-21(26)19-18(14-27-22(19)25-20)17-10-6-3-7-11-17/h2-11,14-15,23H,12-13H2,1H3,(H,24,25,26)/t15-/m1/s1. The largest absolute Gasteiger partial charge is 0.309 e. The van der Waals surface area contributed by atoms with Gasteiger partial charge >= 0.3 is 0 Å². The lowest BCUT2D eigenvalue weighted by Crippen LogP contribution is -2.25. The summed E-state index contributed by atoms with van der Waals surface area (Å²) in [5.74, 6) is 0.682. The monoisotopic (exact) mass is 375 g/mol. The molecule has 27 heavy (non-hydrogen) atoms. The number of aromatic nitrogens is 2. The summed E-state index contributed by atoms with van der Waals surface area (Å²) in [4.78, 5) is 21.2. The fourth-order valence-electron chi connectivity index (χ4n) is 3.18. The molecule has 0 bridgehead atoms. The van der Waals surface area contributed by atoms with E-state index in [1.54, 1.807) is 0 Å². The van der Waals surface area contributed by atoms with E-state index >= 15 is 0 Å². The zero-order chi connectivity index (χ0) is 18.6. The van der Waals surface area contributed by atoms with Gasteiger partial charge in [-0.15, -0.1) is 11.3 Å². The van der Waals surface area contributed by atoms with Crippen molar-refractivity contribution in [2.75, 3.05) is 6.54 Å². The van der Waals surface area contributed by atoms with Gasteiger partial charge in [-0.3, -0.25) is 4.79 Å². The fraction of sp³-hybridized carbons (Fsp3) is 0.182. The molecule has 0 aliphatic rings. The Hall–Kier alpha value is -2.76. The number of nitrogens with one attached hydrogen (secondary N) is 2. The van der Waals surface area contributed by atoms with E-state index in [1.165, 1.54) is 16.9 Å². The van der Waals surface area contributed by atoms with Gasteiger partial charge in [-0.2, -0.15) is 0 Å². The van der Waals surface area contributed by atoms with Crippen LogP contribution in [0, 0.1) is 0 Å². The second-order valence-corrected chi connectivity index (χ2v) is 7.42. The lowest BCUT2D eigenvalue weighted by atomic mass is 10.1. The van der Waals surface area contributed by atoms with Crippen molar-refractivity contribution >= 4 is 21.6 Å². The number of rotatable bonds is 6. The Morgan fingerprint density at radius 1 is 1.07 bits per heavy atom. The molecule has 2 aromatic heterocycles. The number of H-pyrrole nitrogens is 1. The molecule has 4 aromatic rings. The number of fused-ring (bicyclic) bond motifs is 1. The molecule has 0 saturated carbocycles. The molecular weight excluding hydrogens is 354 g/mol. The quantitative estimate of drug-likeness (QED) is 0.520. The lowest BCUT2D eigenvalue weighted by molar-refractivity contribution is 0.550. The molecule has 136 valence electrons. The third-order valence-electron chi connectivity index (χ3n) is 4.66. The highest BCUT2D eigenvalue weighted by atomic mass is 32.1. The minimum atomic E-state index is -0.0770. The number of nitrogens with zero attached hydrogens (tertiary/aromatic N) is 1. The summed E-state index contributed by atoms with van der Waals surface area (Å²) in [5.41, 5.74) is 3.20. The van der Waals surface area contributed by atoms with Crippen LogP contribution in [0.3, 0.4) is 0 Å². The van der Waals surface area contributed by atoms with Crippen LogP contribution in [-0.2, 0) is 6.42 Å². The van der Waals surface area contributed by atoms with Crippen molar-refractivity contribution in [2.45, 2.75) is 19.4 Å². The maximum atomic E-state index is 12.7. The molecule has 4 rings (SSSR count). The van der Waals surface area contributed by atoms with Gasteiger partial charge in [0.05, 0.1) is 11.4 Å². The highest BCUT2D eigenvalue weighted by Crippen LogP contribution is 2.30. The predicted molar refractivity (Wildman–Crippen MR) is 112 cm³/mol. The molecule has 0 aliphatic carbocycles. The molecule has 2 aromatic carbocycles. The normalized spacial score (nSPS) is 12.3. The van der Waals surface area contributed by atoms with E-state index in [9.17, 15) is 4.79 Å². The summed E-state index contributed by atoms with van der Waals surface area (Å²) in [7, 11) is 0. The lowest BCUT2D eigenvalue weighted by Gasteiger charge is -2.13. The molecule has 4 nitrogen and oxygen atoms in total. The number of hydrogen-bond acceptors (Lipinski definition) is 4. The smallest absolute Gasteiger partial charge is 0.260 e. The van der Waals surface area contributed by atoms with Crippen LogP contribution in [-0.4, -0.2) is 16.5 Å². The van der Waals surface area contributed by atoms with Gasteiger partial charge in [0.25, 0.3) is 5.56 Å². The van der Waals surface area contributed by atoms with Crippen molar-refractivity contribution in [3.8, 4) is 11.1 Å². The van der Waals surface area contributed by atoms with Crippen LogP contribution in [0.2, 0.25) is 0 Å². The summed E-state index contributed by atoms with van der Waals surface area (Å²) in [6.45, 7) is 2.85. The van der Waals surface area contributed by atoms with Crippen LogP contribution >= 0.6 is 11.3 Å². The molecular formula is C22H21N3OS. The molecule has 5 heteroatoms. The molecule has 0 unspecified atom stereocenters. The average Bonchev–Trinajstić information content (AvgIpc) is 3.14. The van der Waals surface area contributed by atoms with Crippen LogP contribution in [0.15, 0.2) is 70.8 Å². The molecule has 0 fully saturated rings. The number of hydrogen-bond donors (Lipinski definition) is 2. The van der Waals surface area contributed by atoms with Gasteiger partial charge in [-0.05, 0) is 31.0 Å². The third kappa shape index (κ3) is 3.84. The first-order chi connectivity index (χ1) is 13.2. The molecule has 0 amide bonds. The molecule has 0 radical (unpaired) electrons. The average molecular weight is 375 g/mol. The van der Waals surface area contributed by atoms with Crippen molar-refractivity contribution in [2.24, 2.45) is 0 Å². The second-order valence-electron chi connectivity index (χ2n) is 6.56. The molecule has 0 saturated heterocycles. The van der Waals surface area contributed by atoms with Crippen LogP contribution in [0.5, 0.6) is 0 Å². The summed E-state index contributed by atoms with van der Waals surface area (Å²) in [6, 6.07) is 20.3. The van der Waals surface area contributed by atoms with Crippen LogP contribution < -0.4 is 10.9 Å². The number of thiophene rings is 1. The van der Waals surface area contributed by atoms with Crippen LogP contribution in [0.4, 0.5) is 0 Å². The van der Waals surface area contributed by atoms with Crippen molar-refractivity contribution in [1.82, 2.24) is 15.3 Å². The first kappa shape index (κ1) is 17.6. The van der Waals surface area contributed by atoms with Crippen molar-refractivity contribution in [1.29, 1.82) is 0 Å². The summed E-state index contributed by atoms with van der Waals surface area (Å²) in [5, 5.41) is 6.14. The summed E-state index contributed by atoms with van der Waals surface area (Å²) >= 11 is 1.52. The number of aromatic amines is 1. The molecule has 0 spiro atoms. The van der Waals surface area contributed by atoms with Gasteiger partial charge in [0.15, 0.2) is 0 Å². The molecule has 2 heterocycles. The first-order valence-corrected chi connectivity index (χ1v) is 9.94. The third-order valence-corrected chi connectivity index (χ3v) is 5.54. The summed E-state index contributed by atoms with van der Waals surface area (Å²) in [6.07, 6.45) is 0.939.